The van der Waals surface area contributed by atoms with Crippen LogP contribution in [0.2, 0.25) is 5.02 Å². The highest BCUT2D eigenvalue weighted by atomic mass is 35.5. The molecule has 1 aromatic carbocycles. The van der Waals surface area contributed by atoms with E-state index in [0.29, 0.717) is 12.3 Å². The molecule has 1 aliphatic heterocycles. The average Bonchev–Trinajstić information content (AvgIpc) is 2.36. The van der Waals surface area contributed by atoms with E-state index in [-0.39, 0.29) is 16.6 Å². The number of hydrogen-bond donors (Lipinski definition) is 2. The molecular formula is C13H16ClFN2O. The second-order valence-corrected chi connectivity index (χ2v) is 4.95. The number of hydrogen-bond acceptors (Lipinski definition) is 2. The van der Waals surface area contributed by atoms with Crippen LogP contribution < -0.4 is 10.6 Å². The van der Waals surface area contributed by atoms with Gasteiger partial charge in [-0.15, -0.1) is 0 Å². The smallest absolute Gasteiger partial charge is 0.224 e. The summed E-state index contributed by atoms with van der Waals surface area (Å²) in [6.45, 7) is 1.90. The van der Waals surface area contributed by atoms with Crippen molar-refractivity contribution in [2.75, 3.05) is 18.4 Å². The van der Waals surface area contributed by atoms with E-state index in [0.717, 1.165) is 25.9 Å². The minimum atomic E-state index is -0.571. The Hall–Kier alpha value is -1.13. The standard InChI is InChI=1S/C13H16ClFN2O/c14-10-2-1-3-11(13(10)15)17-12(18)8-9-4-6-16-7-5-9/h1-3,9,16H,4-8H2,(H,17,18). The number of carbonyl (C=O) groups excluding carboxylic acids is 1. The molecule has 0 bridgehead atoms. The van der Waals surface area contributed by atoms with E-state index < -0.39 is 5.82 Å². The summed E-state index contributed by atoms with van der Waals surface area (Å²) in [5.74, 6) is -0.339. The third kappa shape index (κ3) is 3.43. The lowest BCUT2D eigenvalue weighted by atomic mass is 9.94. The lowest BCUT2D eigenvalue weighted by molar-refractivity contribution is -0.117. The molecule has 0 radical (unpaired) electrons. The summed E-state index contributed by atoms with van der Waals surface area (Å²) < 4.78 is 13.6. The second-order valence-electron chi connectivity index (χ2n) is 4.55. The number of benzene rings is 1. The van der Waals surface area contributed by atoms with E-state index in [1.165, 1.54) is 12.1 Å². The quantitative estimate of drug-likeness (QED) is 0.887. The van der Waals surface area contributed by atoms with Crippen LogP contribution in [0.4, 0.5) is 10.1 Å². The maximum absolute atomic E-state index is 13.6. The summed E-state index contributed by atoms with van der Waals surface area (Å²) >= 11 is 5.65. The molecule has 98 valence electrons. The Morgan fingerprint density at radius 1 is 1.44 bits per heavy atom. The van der Waals surface area contributed by atoms with Crippen molar-refractivity contribution < 1.29 is 9.18 Å². The zero-order chi connectivity index (χ0) is 13.0. The SMILES string of the molecule is O=C(CC1CCNCC1)Nc1cccc(Cl)c1F. The Kier molecular flexibility index (Phi) is 4.55. The van der Waals surface area contributed by atoms with Crippen molar-refractivity contribution >= 4 is 23.2 Å². The van der Waals surface area contributed by atoms with Gasteiger partial charge in [-0.3, -0.25) is 4.79 Å². The number of halogens is 2. The molecule has 0 aliphatic carbocycles. The predicted molar refractivity (Wildman–Crippen MR) is 70.3 cm³/mol. The lowest BCUT2D eigenvalue weighted by Gasteiger charge is -2.22. The van der Waals surface area contributed by atoms with Crippen LogP contribution in [0.25, 0.3) is 0 Å². The van der Waals surface area contributed by atoms with Crippen LogP contribution in [0.5, 0.6) is 0 Å². The average molecular weight is 271 g/mol. The highest BCUT2D eigenvalue weighted by Gasteiger charge is 2.17. The van der Waals surface area contributed by atoms with Crippen LogP contribution in [-0.4, -0.2) is 19.0 Å². The summed E-state index contributed by atoms with van der Waals surface area (Å²) in [4.78, 5) is 11.8. The fourth-order valence-corrected chi connectivity index (χ4v) is 2.32. The van der Waals surface area contributed by atoms with Crippen molar-refractivity contribution in [3.05, 3.63) is 29.0 Å². The van der Waals surface area contributed by atoms with Crippen LogP contribution in [0.15, 0.2) is 18.2 Å². The van der Waals surface area contributed by atoms with Gasteiger partial charge in [0.25, 0.3) is 0 Å². The number of piperidine rings is 1. The van der Waals surface area contributed by atoms with E-state index in [9.17, 15) is 9.18 Å². The first-order valence-corrected chi connectivity index (χ1v) is 6.49. The Bertz CT molecular complexity index is 433. The first kappa shape index (κ1) is 13.3. The molecule has 18 heavy (non-hydrogen) atoms. The predicted octanol–water partition coefficient (Wildman–Crippen LogP) is 2.81. The van der Waals surface area contributed by atoms with E-state index >= 15 is 0 Å². The molecule has 5 heteroatoms. The van der Waals surface area contributed by atoms with Gasteiger partial charge in [0.2, 0.25) is 5.91 Å². The van der Waals surface area contributed by atoms with Crippen LogP contribution in [0.3, 0.4) is 0 Å². The Labute approximate surface area is 111 Å². The highest BCUT2D eigenvalue weighted by Crippen LogP contribution is 2.23. The summed E-state index contributed by atoms with van der Waals surface area (Å²) in [5.41, 5.74) is 0.154. The van der Waals surface area contributed by atoms with Gasteiger partial charge in [-0.25, -0.2) is 4.39 Å². The molecule has 2 rings (SSSR count). The van der Waals surface area contributed by atoms with Gasteiger partial charge < -0.3 is 10.6 Å². The van der Waals surface area contributed by atoms with Crippen molar-refractivity contribution in [2.45, 2.75) is 19.3 Å². The monoisotopic (exact) mass is 270 g/mol. The molecule has 0 unspecified atom stereocenters. The molecular weight excluding hydrogens is 255 g/mol. The zero-order valence-electron chi connectivity index (χ0n) is 10.0. The number of carbonyl (C=O) groups is 1. The van der Waals surface area contributed by atoms with Gasteiger partial charge in [0.15, 0.2) is 5.82 Å². The molecule has 1 aromatic rings. The Balaban J connectivity index is 1.92. The third-order valence-electron chi connectivity index (χ3n) is 3.16. The van der Waals surface area contributed by atoms with Gasteiger partial charge in [0.1, 0.15) is 0 Å². The topological polar surface area (TPSA) is 41.1 Å². The number of anilines is 1. The summed E-state index contributed by atoms with van der Waals surface area (Å²) in [7, 11) is 0. The minimum absolute atomic E-state index is 0.0228. The number of rotatable bonds is 3. The molecule has 2 N–H and O–H groups in total. The molecule has 0 aromatic heterocycles. The van der Waals surface area contributed by atoms with Crippen LogP contribution in [0, 0.1) is 11.7 Å². The van der Waals surface area contributed by atoms with E-state index in [1.54, 1.807) is 6.07 Å². The first-order chi connectivity index (χ1) is 8.66. The van der Waals surface area contributed by atoms with Gasteiger partial charge in [-0.05, 0) is 44.0 Å². The molecule has 1 saturated heterocycles. The second kappa shape index (κ2) is 6.16. The van der Waals surface area contributed by atoms with Crippen molar-refractivity contribution in [3.8, 4) is 0 Å². The molecule has 0 spiro atoms. The maximum Gasteiger partial charge on any atom is 0.224 e. The third-order valence-corrected chi connectivity index (χ3v) is 3.45. The van der Waals surface area contributed by atoms with E-state index in [1.807, 2.05) is 0 Å². The van der Waals surface area contributed by atoms with Crippen molar-refractivity contribution in [2.24, 2.45) is 5.92 Å². The van der Waals surface area contributed by atoms with Gasteiger partial charge in [-0.1, -0.05) is 17.7 Å². The highest BCUT2D eigenvalue weighted by molar-refractivity contribution is 6.31. The number of amides is 1. The van der Waals surface area contributed by atoms with Gasteiger partial charge in [0, 0.05) is 6.42 Å². The fourth-order valence-electron chi connectivity index (χ4n) is 2.15. The van der Waals surface area contributed by atoms with Crippen LogP contribution in [-0.2, 0) is 4.79 Å². The lowest BCUT2D eigenvalue weighted by Crippen LogP contribution is -2.30. The fraction of sp³-hybridized carbons (Fsp3) is 0.462. The molecule has 1 fully saturated rings. The first-order valence-electron chi connectivity index (χ1n) is 6.11. The summed E-state index contributed by atoms with van der Waals surface area (Å²) in [6, 6.07) is 4.59. The van der Waals surface area contributed by atoms with E-state index in [2.05, 4.69) is 10.6 Å². The molecule has 0 atom stereocenters. The summed E-state index contributed by atoms with van der Waals surface area (Å²) in [5, 5.41) is 5.85. The van der Waals surface area contributed by atoms with Gasteiger partial charge in [0.05, 0.1) is 10.7 Å². The largest absolute Gasteiger partial charge is 0.324 e. The molecule has 1 heterocycles. The van der Waals surface area contributed by atoms with Crippen LogP contribution >= 0.6 is 11.6 Å². The molecule has 0 saturated carbocycles. The normalized spacial score (nSPS) is 16.6. The van der Waals surface area contributed by atoms with Crippen molar-refractivity contribution in [3.63, 3.8) is 0 Å². The van der Waals surface area contributed by atoms with Crippen molar-refractivity contribution in [1.29, 1.82) is 0 Å². The Morgan fingerprint density at radius 3 is 2.89 bits per heavy atom. The zero-order valence-corrected chi connectivity index (χ0v) is 10.8. The molecule has 1 aliphatic rings. The van der Waals surface area contributed by atoms with Gasteiger partial charge >= 0.3 is 0 Å². The molecule has 1 amide bonds. The number of nitrogens with one attached hydrogen (secondary N) is 2. The van der Waals surface area contributed by atoms with E-state index in [4.69, 9.17) is 11.6 Å². The van der Waals surface area contributed by atoms with Crippen molar-refractivity contribution in [1.82, 2.24) is 5.32 Å². The minimum Gasteiger partial charge on any atom is -0.324 e. The molecule has 3 nitrogen and oxygen atoms in total. The Morgan fingerprint density at radius 2 is 2.17 bits per heavy atom. The maximum atomic E-state index is 13.6. The summed E-state index contributed by atoms with van der Waals surface area (Å²) in [6.07, 6.45) is 2.42. The van der Waals surface area contributed by atoms with Crippen LogP contribution in [0.1, 0.15) is 19.3 Å². The van der Waals surface area contributed by atoms with Gasteiger partial charge in [-0.2, -0.15) is 0 Å².